The zero-order chi connectivity index (χ0) is 14.3. The molecule has 0 spiro atoms. The summed E-state index contributed by atoms with van der Waals surface area (Å²) in [5, 5.41) is 13.5. The van der Waals surface area contributed by atoms with Crippen molar-refractivity contribution in [1.82, 2.24) is 5.32 Å². The number of amides is 2. The van der Waals surface area contributed by atoms with Gasteiger partial charge in [0.2, 0.25) is 0 Å². The van der Waals surface area contributed by atoms with Gasteiger partial charge in [-0.3, -0.25) is 4.79 Å². The highest BCUT2D eigenvalue weighted by Crippen LogP contribution is 2.10. The van der Waals surface area contributed by atoms with Gasteiger partial charge in [0, 0.05) is 5.69 Å². The van der Waals surface area contributed by atoms with Crippen LogP contribution in [0.15, 0.2) is 24.3 Å². The predicted molar refractivity (Wildman–Crippen MR) is 67.1 cm³/mol. The topological polar surface area (TPSA) is 105 Å². The Morgan fingerprint density at radius 1 is 1.32 bits per heavy atom. The van der Waals surface area contributed by atoms with Gasteiger partial charge in [-0.1, -0.05) is 6.07 Å². The van der Waals surface area contributed by atoms with Crippen LogP contribution in [0.5, 0.6) is 0 Å². The average Bonchev–Trinajstić information content (AvgIpc) is 2.37. The molecule has 0 radical (unpaired) electrons. The molecule has 0 bridgehead atoms. The van der Waals surface area contributed by atoms with Gasteiger partial charge in [-0.25, -0.2) is 9.59 Å². The minimum absolute atomic E-state index is 0.0585. The number of carbonyl (C=O) groups is 3. The average molecular weight is 266 g/mol. The zero-order valence-electron chi connectivity index (χ0n) is 10.3. The lowest BCUT2D eigenvalue weighted by Crippen LogP contribution is -2.34. The zero-order valence-corrected chi connectivity index (χ0v) is 10.3. The number of anilines is 1. The van der Waals surface area contributed by atoms with Crippen LogP contribution in [0.25, 0.3) is 0 Å². The fourth-order valence-corrected chi connectivity index (χ4v) is 1.27. The first-order valence-electron chi connectivity index (χ1n) is 5.56. The Morgan fingerprint density at radius 3 is 2.68 bits per heavy atom. The van der Waals surface area contributed by atoms with Crippen molar-refractivity contribution in [2.45, 2.75) is 6.92 Å². The maximum Gasteiger partial charge on any atom is 0.335 e. The van der Waals surface area contributed by atoms with Crippen LogP contribution in [0.1, 0.15) is 17.3 Å². The van der Waals surface area contributed by atoms with Gasteiger partial charge in [0.1, 0.15) is 6.54 Å². The largest absolute Gasteiger partial charge is 0.478 e. The highest BCUT2D eigenvalue weighted by molar-refractivity contribution is 5.94. The first-order valence-corrected chi connectivity index (χ1v) is 5.56. The van der Waals surface area contributed by atoms with Crippen molar-refractivity contribution in [3.8, 4) is 0 Å². The van der Waals surface area contributed by atoms with Crippen molar-refractivity contribution in [3.05, 3.63) is 29.8 Å². The molecule has 0 saturated carbocycles. The maximum absolute atomic E-state index is 11.4. The molecule has 7 heteroatoms. The minimum atomic E-state index is -1.09. The molecule has 0 aliphatic carbocycles. The number of ether oxygens (including phenoxy) is 1. The molecule has 19 heavy (non-hydrogen) atoms. The van der Waals surface area contributed by atoms with Crippen LogP contribution in [0.4, 0.5) is 10.5 Å². The Bertz CT molecular complexity index is 487. The molecule has 0 aliphatic heterocycles. The van der Waals surface area contributed by atoms with Crippen molar-refractivity contribution < 1.29 is 24.2 Å². The summed E-state index contributed by atoms with van der Waals surface area (Å²) >= 11 is 0. The third-order valence-corrected chi connectivity index (χ3v) is 2.07. The molecule has 0 heterocycles. The van der Waals surface area contributed by atoms with E-state index in [9.17, 15) is 14.4 Å². The smallest absolute Gasteiger partial charge is 0.335 e. The molecule has 2 amide bonds. The summed E-state index contributed by atoms with van der Waals surface area (Å²) < 4.78 is 4.63. The van der Waals surface area contributed by atoms with E-state index in [0.717, 1.165) is 0 Å². The molecule has 0 atom stereocenters. The lowest BCUT2D eigenvalue weighted by atomic mass is 10.2. The number of carbonyl (C=O) groups excluding carboxylic acids is 2. The van der Waals surface area contributed by atoms with Crippen molar-refractivity contribution in [1.29, 1.82) is 0 Å². The van der Waals surface area contributed by atoms with Crippen LogP contribution in [-0.4, -0.2) is 36.2 Å². The molecule has 102 valence electrons. The number of carboxylic acids is 1. The second kappa shape index (κ2) is 7.00. The van der Waals surface area contributed by atoms with E-state index in [2.05, 4.69) is 15.4 Å². The highest BCUT2D eigenvalue weighted by Gasteiger charge is 2.07. The number of carboxylic acid groups (broad SMARTS) is 1. The number of esters is 1. The molecule has 7 nitrogen and oxygen atoms in total. The van der Waals surface area contributed by atoms with Crippen LogP contribution in [0.2, 0.25) is 0 Å². The SMILES string of the molecule is CCOC(=O)CNC(=O)Nc1cccc(C(=O)O)c1. The normalized spacial score (nSPS) is 9.53. The lowest BCUT2D eigenvalue weighted by Gasteiger charge is -2.07. The number of nitrogens with one attached hydrogen (secondary N) is 2. The standard InChI is InChI=1S/C12H14N2O5/c1-2-19-10(15)7-13-12(18)14-9-5-3-4-8(6-9)11(16)17/h3-6H,2,7H2,1H3,(H,16,17)(H2,13,14,18). The summed E-state index contributed by atoms with van der Waals surface area (Å²) in [6.07, 6.45) is 0. The van der Waals surface area contributed by atoms with Crippen LogP contribution in [0, 0.1) is 0 Å². The Kier molecular flexibility index (Phi) is 5.34. The number of hydrogen-bond donors (Lipinski definition) is 3. The second-order valence-electron chi connectivity index (χ2n) is 3.50. The van der Waals surface area contributed by atoms with Crippen molar-refractivity contribution >= 4 is 23.7 Å². The van der Waals surface area contributed by atoms with Crippen LogP contribution in [0.3, 0.4) is 0 Å². The van der Waals surface area contributed by atoms with Crippen molar-refractivity contribution in [2.24, 2.45) is 0 Å². The molecular weight excluding hydrogens is 252 g/mol. The van der Waals surface area contributed by atoms with Crippen LogP contribution >= 0.6 is 0 Å². The van der Waals surface area contributed by atoms with Gasteiger partial charge >= 0.3 is 18.0 Å². The molecule has 0 unspecified atom stereocenters. The Labute approximate surface area is 109 Å². The van der Waals surface area contributed by atoms with Crippen molar-refractivity contribution in [3.63, 3.8) is 0 Å². The third-order valence-electron chi connectivity index (χ3n) is 2.07. The molecule has 1 rings (SSSR count). The quantitative estimate of drug-likeness (QED) is 0.691. The molecule has 0 aromatic heterocycles. The minimum Gasteiger partial charge on any atom is -0.478 e. The maximum atomic E-state index is 11.4. The summed E-state index contributed by atoms with van der Waals surface area (Å²) in [4.78, 5) is 33.2. The monoisotopic (exact) mass is 266 g/mol. The van der Waals surface area contributed by atoms with E-state index < -0.39 is 18.0 Å². The van der Waals surface area contributed by atoms with Crippen molar-refractivity contribution in [2.75, 3.05) is 18.5 Å². The van der Waals surface area contributed by atoms with E-state index in [1.54, 1.807) is 6.92 Å². The number of rotatable bonds is 5. The Balaban J connectivity index is 2.50. The first kappa shape index (κ1) is 14.5. The number of benzene rings is 1. The first-order chi connectivity index (χ1) is 9.02. The number of hydrogen-bond acceptors (Lipinski definition) is 4. The van der Waals surface area contributed by atoms with Crippen LogP contribution in [-0.2, 0) is 9.53 Å². The predicted octanol–water partition coefficient (Wildman–Crippen LogP) is 1.07. The van der Waals surface area contributed by atoms with Gasteiger partial charge in [-0.15, -0.1) is 0 Å². The van der Waals surface area contributed by atoms with Gasteiger partial charge in [-0.2, -0.15) is 0 Å². The third kappa shape index (κ3) is 5.07. The number of urea groups is 1. The van der Waals surface area contributed by atoms with Gasteiger partial charge in [-0.05, 0) is 25.1 Å². The Hall–Kier alpha value is -2.57. The summed E-state index contributed by atoms with van der Waals surface area (Å²) in [5.41, 5.74) is 0.379. The van der Waals surface area contributed by atoms with E-state index in [-0.39, 0.29) is 18.7 Å². The summed E-state index contributed by atoms with van der Waals surface area (Å²) in [5.74, 6) is -1.63. The fraction of sp³-hybridized carbons (Fsp3) is 0.250. The molecule has 0 fully saturated rings. The molecule has 0 aliphatic rings. The van der Waals surface area contributed by atoms with Gasteiger partial charge < -0.3 is 20.5 Å². The van der Waals surface area contributed by atoms with Gasteiger partial charge in [0.15, 0.2) is 0 Å². The van der Waals surface area contributed by atoms with E-state index in [1.165, 1.54) is 24.3 Å². The molecule has 0 saturated heterocycles. The lowest BCUT2D eigenvalue weighted by molar-refractivity contribution is -0.141. The summed E-state index contributed by atoms with van der Waals surface area (Å²) in [7, 11) is 0. The molecule has 1 aromatic rings. The highest BCUT2D eigenvalue weighted by atomic mass is 16.5. The Morgan fingerprint density at radius 2 is 2.05 bits per heavy atom. The number of aromatic carboxylic acids is 1. The summed E-state index contributed by atoms with van der Waals surface area (Å²) in [6, 6.07) is 5.15. The van der Waals surface area contributed by atoms with E-state index in [4.69, 9.17) is 5.11 Å². The fourth-order valence-electron chi connectivity index (χ4n) is 1.27. The summed E-state index contributed by atoms with van der Waals surface area (Å²) in [6.45, 7) is 1.65. The molecule has 1 aromatic carbocycles. The second-order valence-corrected chi connectivity index (χ2v) is 3.50. The van der Waals surface area contributed by atoms with E-state index >= 15 is 0 Å². The van der Waals surface area contributed by atoms with Gasteiger partial charge in [0.25, 0.3) is 0 Å². The van der Waals surface area contributed by atoms with Crippen LogP contribution < -0.4 is 10.6 Å². The van der Waals surface area contributed by atoms with Gasteiger partial charge in [0.05, 0.1) is 12.2 Å². The molecule has 3 N–H and O–H groups in total. The molecular formula is C12H14N2O5. The van der Waals surface area contributed by atoms with E-state index in [0.29, 0.717) is 5.69 Å². The van der Waals surface area contributed by atoms with E-state index in [1.807, 2.05) is 0 Å².